The third-order valence-corrected chi connectivity index (χ3v) is 6.54. The monoisotopic (exact) mass is 377 g/mol. The van der Waals surface area contributed by atoms with E-state index in [-0.39, 0.29) is 27.4 Å². The molecule has 0 aliphatic rings. The second kappa shape index (κ2) is 7.58. The van der Waals surface area contributed by atoms with E-state index in [1.54, 1.807) is 19.1 Å². The second-order valence-corrected chi connectivity index (χ2v) is 9.21. The summed E-state index contributed by atoms with van der Waals surface area (Å²) in [5.41, 5.74) is 0.764. The zero-order chi connectivity index (χ0) is 19.5. The van der Waals surface area contributed by atoms with Gasteiger partial charge in [0.05, 0.1) is 10.6 Å². The van der Waals surface area contributed by atoms with Gasteiger partial charge in [-0.2, -0.15) is 0 Å². The summed E-state index contributed by atoms with van der Waals surface area (Å²) < 4.78 is 38.6. The summed E-state index contributed by atoms with van der Waals surface area (Å²) in [6.07, 6.45) is 0.732. The van der Waals surface area contributed by atoms with Crippen LogP contribution in [0.1, 0.15) is 43.1 Å². The Bertz CT molecular complexity index is 920. The first-order chi connectivity index (χ1) is 12.0. The summed E-state index contributed by atoms with van der Waals surface area (Å²) in [6.45, 7) is 7.35. The Labute approximate surface area is 154 Å². The molecule has 0 bridgehead atoms. The van der Waals surface area contributed by atoms with E-state index in [0.29, 0.717) is 11.3 Å². The van der Waals surface area contributed by atoms with Crippen LogP contribution < -0.4 is 5.32 Å². The zero-order valence-corrected chi connectivity index (χ0v) is 16.3. The van der Waals surface area contributed by atoms with Crippen LogP contribution in [0.4, 0.5) is 10.1 Å². The average molecular weight is 377 g/mol. The number of anilines is 1. The molecular formula is C20H24FNO3S. The number of aryl methyl sites for hydroxylation is 1. The number of benzene rings is 2. The molecule has 2 aromatic rings. The molecule has 0 unspecified atom stereocenters. The van der Waals surface area contributed by atoms with Gasteiger partial charge in [0, 0.05) is 11.3 Å². The van der Waals surface area contributed by atoms with Gasteiger partial charge in [-0.25, -0.2) is 12.8 Å². The van der Waals surface area contributed by atoms with Crippen LogP contribution in [0.5, 0.6) is 0 Å². The summed E-state index contributed by atoms with van der Waals surface area (Å²) in [5, 5.41) is 2.66. The van der Waals surface area contributed by atoms with Crippen molar-refractivity contribution in [2.75, 3.05) is 11.1 Å². The van der Waals surface area contributed by atoms with E-state index in [4.69, 9.17) is 0 Å². The largest absolute Gasteiger partial charge is 0.322 e. The fraction of sp³-hybridized carbons (Fsp3) is 0.350. The molecule has 0 aliphatic heterocycles. The van der Waals surface area contributed by atoms with Crippen LogP contribution in [0.2, 0.25) is 0 Å². The van der Waals surface area contributed by atoms with Crippen molar-refractivity contribution in [3.05, 3.63) is 59.4 Å². The number of hydrogen-bond donors (Lipinski definition) is 1. The minimum Gasteiger partial charge on any atom is -0.322 e. The van der Waals surface area contributed by atoms with Crippen molar-refractivity contribution >= 4 is 21.4 Å². The van der Waals surface area contributed by atoms with Gasteiger partial charge in [-0.05, 0) is 54.3 Å². The summed E-state index contributed by atoms with van der Waals surface area (Å²) in [7, 11) is -3.50. The maximum Gasteiger partial charge on any atom is 0.255 e. The van der Waals surface area contributed by atoms with Crippen LogP contribution in [0.25, 0.3) is 0 Å². The third kappa shape index (κ3) is 4.91. The molecule has 140 valence electrons. The molecule has 1 N–H and O–H groups in total. The lowest BCUT2D eigenvalue weighted by Gasteiger charge is -2.22. The van der Waals surface area contributed by atoms with Gasteiger partial charge in [-0.1, -0.05) is 33.3 Å². The highest BCUT2D eigenvalue weighted by atomic mass is 32.2. The number of carbonyl (C=O) groups excluding carboxylic acids is 1. The molecule has 0 radical (unpaired) electrons. The molecule has 0 atom stereocenters. The lowest BCUT2D eigenvalue weighted by atomic mass is 9.93. The molecule has 2 rings (SSSR count). The molecule has 1 amide bonds. The third-order valence-electron chi connectivity index (χ3n) is 4.41. The Balaban J connectivity index is 2.25. The van der Waals surface area contributed by atoms with Crippen LogP contribution in [-0.2, 0) is 9.84 Å². The highest BCUT2D eigenvalue weighted by Gasteiger charge is 2.26. The molecular weight excluding hydrogens is 353 g/mol. The van der Waals surface area contributed by atoms with Gasteiger partial charge in [0.25, 0.3) is 5.91 Å². The SMILES string of the molecule is CCC(C)(C)CS(=O)(=O)c1cccc(C(=O)Nc2ccc(F)c(C)c2)c1. The van der Waals surface area contributed by atoms with Crippen molar-refractivity contribution in [3.63, 3.8) is 0 Å². The van der Waals surface area contributed by atoms with Gasteiger partial charge in [0.1, 0.15) is 5.82 Å². The second-order valence-electron chi connectivity index (χ2n) is 7.22. The Morgan fingerprint density at radius 2 is 1.85 bits per heavy atom. The number of sulfone groups is 1. The van der Waals surface area contributed by atoms with Gasteiger partial charge in [-0.3, -0.25) is 4.79 Å². The number of hydrogen-bond acceptors (Lipinski definition) is 3. The molecule has 0 heterocycles. The molecule has 0 saturated heterocycles. The standard InChI is InChI=1S/C20H24FNO3S/c1-5-20(3,4)13-26(24,25)17-8-6-7-15(12-17)19(23)22-16-9-10-18(21)14(2)11-16/h6-12H,5,13H2,1-4H3,(H,22,23). The minimum atomic E-state index is -3.50. The van der Waals surface area contributed by atoms with Gasteiger partial charge in [0.15, 0.2) is 9.84 Å². The van der Waals surface area contributed by atoms with Crippen molar-refractivity contribution in [1.29, 1.82) is 0 Å². The Morgan fingerprint density at radius 3 is 2.46 bits per heavy atom. The molecule has 0 saturated carbocycles. The van der Waals surface area contributed by atoms with E-state index >= 15 is 0 Å². The number of rotatable bonds is 6. The van der Waals surface area contributed by atoms with Crippen LogP contribution in [-0.4, -0.2) is 20.1 Å². The van der Waals surface area contributed by atoms with Crippen molar-refractivity contribution in [1.82, 2.24) is 0 Å². The van der Waals surface area contributed by atoms with Crippen molar-refractivity contribution in [3.8, 4) is 0 Å². The lowest BCUT2D eigenvalue weighted by molar-refractivity contribution is 0.102. The quantitative estimate of drug-likeness (QED) is 0.800. The van der Waals surface area contributed by atoms with E-state index in [9.17, 15) is 17.6 Å². The van der Waals surface area contributed by atoms with E-state index in [1.165, 1.54) is 30.3 Å². The van der Waals surface area contributed by atoms with E-state index in [2.05, 4.69) is 5.32 Å². The molecule has 0 aromatic heterocycles. The van der Waals surface area contributed by atoms with Gasteiger partial charge in [0.2, 0.25) is 0 Å². The number of amides is 1. The van der Waals surface area contributed by atoms with Crippen molar-refractivity contribution < 1.29 is 17.6 Å². The summed E-state index contributed by atoms with van der Waals surface area (Å²) in [6, 6.07) is 10.2. The summed E-state index contributed by atoms with van der Waals surface area (Å²) in [4.78, 5) is 12.6. The highest BCUT2D eigenvalue weighted by molar-refractivity contribution is 7.91. The van der Waals surface area contributed by atoms with E-state index in [1.807, 2.05) is 20.8 Å². The lowest BCUT2D eigenvalue weighted by Crippen LogP contribution is -2.23. The summed E-state index contributed by atoms with van der Waals surface area (Å²) >= 11 is 0. The average Bonchev–Trinajstić information content (AvgIpc) is 2.57. The fourth-order valence-electron chi connectivity index (χ4n) is 2.46. The first kappa shape index (κ1) is 20.1. The molecule has 6 heteroatoms. The van der Waals surface area contributed by atoms with Crippen molar-refractivity contribution in [2.24, 2.45) is 5.41 Å². The number of nitrogens with one attached hydrogen (secondary N) is 1. The maximum absolute atomic E-state index is 13.3. The summed E-state index contributed by atoms with van der Waals surface area (Å²) in [5.74, 6) is -0.781. The predicted molar refractivity (Wildman–Crippen MR) is 102 cm³/mol. The normalized spacial score (nSPS) is 12.0. The van der Waals surface area contributed by atoms with Crippen LogP contribution in [0.15, 0.2) is 47.4 Å². The molecule has 0 aliphatic carbocycles. The number of carbonyl (C=O) groups is 1. The molecule has 0 spiro atoms. The first-order valence-corrected chi connectivity index (χ1v) is 10.1. The Kier molecular flexibility index (Phi) is 5.86. The molecule has 0 fully saturated rings. The van der Waals surface area contributed by atoms with Crippen LogP contribution >= 0.6 is 0 Å². The Morgan fingerprint density at radius 1 is 1.15 bits per heavy atom. The van der Waals surface area contributed by atoms with Gasteiger partial charge >= 0.3 is 0 Å². The maximum atomic E-state index is 13.3. The fourth-order valence-corrected chi connectivity index (χ4v) is 4.45. The van der Waals surface area contributed by atoms with Crippen LogP contribution in [0.3, 0.4) is 0 Å². The van der Waals surface area contributed by atoms with E-state index < -0.39 is 15.7 Å². The highest BCUT2D eigenvalue weighted by Crippen LogP contribution is 2.26. The Hall–Kier alpha value is -2.21. The smallest absolute Gasteiger partial charge is 0.255 e. The van der Waals surface area contributed by atoms with E-state index in [0.717, 1.165) is 6.42 Å². The predicted octanol–water partition coefficient (Wildman–Crippen LogP) is 4.60. The zero-order valence-electron chi connectivity index (χ0n) is 15.5. The molecule has 26 heavy (non-hydrogen) atoms. The van der Waals surface area contributed by atoms with Crippen LogP contribution in [0, 0.1) is 18.2 Å². The minimum absolute atomic E-state index is 0.0126. The van der Waals surface area contributed by atoms with Crippen molar-refractivity contribution in [2.45, 2.75) is 39.0 Å². The number of halogens is 1. The molecule has 2 aromatic carbocycles. The van der Waals surface area contributed by atoms with Gasteiger partial charge < -0.3 is 5.32 Å². The first-order valence-electron chi connectivity index (χ1n) is 8.44. The van der Waals surface area contributed by atoms with Gasteiger partial charge in [-0.15, -0.1) is 0 Å². The molecule has 4 nitrogen and oxygen atoms in total. The topological polar surface area (TPSA) is 63.2 Å².